The molecule has 10 rings (SSSR count). The van der Waals surface area contributed by atoms with Crippen molar-refractivity contribution in [1.82, 2.24) is 39.3 Å². The maximum Gasteiger partial charge on any atom is 0.336 e. The van der Waals surface area contributed by atoms with Crippen molar-refractivity contribution in [2.75, 3.05) is 11.9 Å². The number of aromatic nitrogens is 8. The van der Waals surface area contributed by atoms with Crippen LogP contribution in [0.15, 0.2) is 103 Å². The Hall–Kier alpha value is -7.15. The molecule has 1 aliphatic heterocycles. The van der Waals surface area contributed by atoms with E-state index in [1.807, 2.05) is 60.7 Å². The number of nitrogens with zero attached hydrogens (tertiary/aromatic N) is 8. The molecule has 13 nitrogen and oxygen atoms in total. The third kappa shape index (κ3) is 9.61. The van der Waals surface area contributed by atoms with E-state index in [9.17, 15) is 14.7 Å². The van der Waals surface area contributed by atoms with Crippen LogP contribution in [0.25, 0.3) is 44.6 Å². The number of imidazole rings is 2. The average molecular weight is 884 g/mol. The fraction of sp³-hybridized carbons (Fsp3) is 0.340. The minimum atomic E-state index is -0.921. The molecular formula is C53H57N9O4. The maximum atomic E-state index is 11.7. The molecule has 1 aliphatic carbocycles. The first kappa shape index (κ1) is 44.1. The Morgan fingerprint density at radius 2 is 1.64 bits per heavy atom. The number of carbonyl (C=O) groups excluding carboxylic acids is 1. The number of ether oxygens (including phenoxy) is 1. The summed E-state index contributed by atoms with van der Waals surface area (Å²) in [6.07, 6.45) is 12.4. The van der Waals surface area contributed by atoms with Gasteiger partial charge in [0.25, 0.3) is 0 Å². The van der Waals surface area contributed by atoms with Gasteiger partial charge < -0.3 is 24.3 Å². The molecule has 0 radical (unpaired) electrons. The Labute approximate surface area is 384 Å². The zero-order valence-electron chi connectivity index (χ0n) is 38.0. The van der Waals surface area contributed by atoms with Crippen molar-refractivity contribution in [3.63, 3.8) is 0 Å². The van der Waals surface area contributed by atoms with Crippen molar-refractivity contribution in [2.45, 2.75) is 103 Å². The lowest BCUT2D eigenvalue weighted by atomic mass is 9.95. The van der Waals surface area contributed by atoms with E-state index in [1.54, 1.807) is 12.1 Å². The predicted molar refractivity (Wildman–Crippen MR) is 258 cm³/mol. The number of unbranched alkanes of at least 4 members (excludes halogenated alkanes) is 1. The van der Waals surface area contributed by atoms with E-state index in [4.69, 9.17) is 14.7 Å². The largest absolute Gasteiger partial charge is 0.494 e. The Morgan fingerprint density at radius 3 is 2.44 bits per heavy atom. The van der Waals surface area contributed by atoms with Crippen molar-refractivity contribution < 1.29 is 19.4 Å². The number of rotatable bonds is 14. The highest BCUT2D eigenvalue weighted by atomic mass is 16.5. The number of carbonyl (C=O) groups is 2. The minimum absolute atomic E-state index is 0.0896. The average Bonchev–Trinajstić information content (AvgIpc) is 4.05. The molecule has 0 saturated heterocycles. The number of tetrazole rings is 1. The quantitative estimate of drug-likeness (QED) is 0.102. The van der Waals surface area contributed by atoms with Gasteiger partial charge in [-0.15, -0.1) is 5.10 Å². The number of nitrogens with one attached hydrogen (secondary N) is 1. The van der Waals surface area contributed by atoms with E-state index in [-0.39, 0.29) is 5.91 Å². The molecular weight excluding hydrogens is 827 g/mol. The monoisotopic (exact) mass is 883 g/mol. The first-order valence-electron chi connectivity index (χ1n) is 23.4. The maximum absolute atomic E-state index is 11.7. The van der Waals surface area contributed by atoms with Crippen LogP contribution in [0, 0.1) is 6.92 Å². The number of hydrogen-bond donors (Lipinski definition) is 2. The van der Waals surface area contributed by atoms with E-state index < -0.39 is 5.97 Å². The number of benzene rings is 5. The number of hydrogen-bond acceptors (Lipinski definition) is 8. The zero-order valence-corrected chi connectivity index (χ0v) is 38.0. The molecule has 0 spiro atoms. The molecule has 1 saturated carbocycles. The normalized spacial score (nSPS) is 13.9. The van der Waals surface area contributed by atoms with Gasteiger partial charge in [0, 0.05) is 44.1 Å². The number of anilines is 1. The number of carboxylic acids is 1. The molecule has 0 atom stereocenters. The predicted octanol–water partition coefficient (Wildman–Crippen LogP) is 10.7. The Bertz CT molecular complexity index is 3000. The van der Waals surface area contributed by atoms with Gasteiger partial charge in [0.05, 0.1) is 40.3 Å². The van der Waals surface area contributed by atoms with Gasteiger partial charge in [0.1, 0.15) is 17.4 Å². The molecule has 338 valence electrons. The summed E-state index contributed by atoms with van der Waals surface area (Å²) >= 11 is 0. The third-order valence-electron chi connectivity index (χ3n) is 12.9. The SMILES string of the molecule is CCCc1nc2c(C)cc(-c3nc4ccccc4n3C)cc2n1Cc1ccc(-c2ccccc2C(=O)O)cc1.O=C1CCc2cc(OCCCCc3nnnn3C3CCCCC3)ccc2N1. The molecule has 1 amide bonds. The number of aromatic carboxylic acids is 1. The fourth-order valence-corrected chi connectivity index (χ4v) is 9.47. The lowest BCUT2D eigenvalue weighted by Gasteiger charge is -2.22. The molecule has 3 aromatic heterocycles. The van der Waals surface area contributed by atoms with Crippen molar-refractivity contribution in [1.29, 1.82) is 0 Å². The molecule has 1 fully saturated rings. The zero-order chi connectivity index (χ0) is 45.6. The van der Waals surface area contributed by atoms with Crippen molar-refractivity contribution >= 4 is 39.6 Å². The van der Waals surface area contributed by atoms with Gasteiger partial charge in [-0.3, -0.25) is 4.79 Å². The highest BCUT2D eigenvalue weighted by Gasteiger charge is 2.21. The van der Waals surface area contributed by atoms with Gasteiger partial charge in [-0.25, -0.2) is 19.4 Å². The number of para-hydroxylation sites is 2. The summed E-state index contributed by atoms with van der Waals surface area (Å²) in [5, 5.41) is 24.8. The van der Waals surface area contributed by atoms with Crippen LogP contribution in [0.1, 0.15) is 109 Å². The number of carboxylic acid groups (broad SMARTS) is 1. The highest BCUT2D eigenvalue weighted by Crippen LogP contribution is 2.32. The first-order valence-corrected chi connectivity index (χ1v) is 23.4. The molecule has 0 unspecified atom stereocenters. The summed E-state index contributed by atoms with van der Waals surface area (Å²) in [4.78, 5) is 33.1. The second-order valence-electron chi connectivity index (χ2n) is 17.6. The molecule has 5 aromatic carbocycles. The van der Waals surface area contributed by atoms with E-state index in [2.05, 4.69) is 85.9 Å². The molecule has 66 heavy (non-hydrogen) atoms. The van der Waals surface area contributed by atoms with E-state index in [1.165, 1.54) is 32.1 Å². The van der Waals surface area contributed by atoms with Crippen LogP contribution in [0.4, 0.5) is 5.69 Å². The van der Waals surface area contributed by atoms with Gasteiger partial charge in [-0.05, 0) is 132 Å². The topological polar surface area (TPSA) is 155 Å². The summed E-state index contributed by atoms with van der Waals surface area (Å²) in [6, 6.07) is 34.3. The van der Waals surface area contributed by atoms with Crippen molar-refractivity contribution in [3.05, 3.63) is 137 Å². The third-order valence-corrected chi connectivity index (χ3v) is 12.9. The van der Waals surface area contributed by atoms with E-state index in [0.717, 1.165) is 123 Å². The lowest BCUT2D eigenvalue weighted by Crippen LogP contribution is -2.18. The van der Waals surface area contributed by atoms with Gasteiger partial charge >= 0.3 is 5.97 Å². The smallest absolute Gasteiger partial charge is 0.336 e. The molecule has 13 heteroatoms. The number of aryl methyl sites for hydroxylation is 5. The van der Waals surface area contributed by atoms with Gasteiger partial charge in [0.2, 0.25) is 5.91 Å². The molecule has 2 aliphatic rings. The summed E-state index contributed by atoms with van der Waals surface area (Å²) in [5.74, 6) is 3.05. The summed E-state index contributed by atoms with van der Waals surface area (Å²) < 4.78 is 12.4. The Kier molecular flexibility index (Phi) is 13.3. The van der Waals surface area contributed by atoms with Gasteiger partial charge in [-0.2, -0.15) is 0 Å². The lowest BCUT2D eigenvalue weighted by molar-refractivity contribution is -0.116. The molecule has 0 bridgehead atoms. The summed E-state index contributed by atoms with van der Waals surface area (Å²) in [5.41, 5.74) is 11.5. The highest BCUT2D eigenvalue weighted by molar-refractivity contribution is 5.96. The van der Waals surface area contributed by atoms with Crippen LogP contribution in [0.5, 0.6) is 5.75 Å². The van der Waals surface area contributed by atoms with Crippen LogP contribution in [0.2, 0.25) is 0 Å². The van der Waals surface area contributed by atoms with Crippen LogP contribution >= 0.6 is 0 Å². The fourth-order valence-electron chi connectivity index (χ4n) is 9.47. The Morgan fingerprint density at radius 1 is 0.833 bits per heavy atom. The number of fused-ring (bicyclic) bond motifs is 3. The summed E-state index contributed by atoms with van der Waals surface area (Å²) in [7, 11) is 2.06. The minimum Gasteiger partial charge on any atom is -0.494 e. The van der Waals surface area contributed by atoms with Crippen LogP contribution < -0.4 is 10.1 Å². The Balaban J connectivity index is 0.000000178. The van der Waals surface area contributed by atoms with Crippen LogP contribution in [0.3, 0.4) is 0 Å². The molecule has 4 heterocycles. The van der Waals surface area contributed by atoms with E-state index in [0.29, 0.717) is 31.2 Å². The van der Waals surface area contributed by atoms with Crippen molar-refractivity contribution in [2.24, 2.45) is 7.05 Å². The van der Waals surface area contributed by atoms with Crippen molar-refractivity contribution in [3.8, 4) is 28.3 Å². The number of amides is 1. The molecule has 8 aromatic rings. The van der Waals surface area contributed by atoms with E-state index >= 15 is 0 Å². The molecule has 2 N–H and O–H groups in total. The second-order valence-corrected chi connectivity index (χ2v) is 17.6. The summed E-state index contributed by atoms with van der Waals surface area (Å²) in [6.45, 7) is 5.65. The second kappa shape index (κ2) is 19.9. The van der Waals surface area contributed by atoms with Crippen LogP contribution in [-0.4, -0.2) is 62.9 Å². The van der Waals surface area contributed by atoms with Gasteiger partial charge in [-0.1, -0.05) is 80.8 Å². The first-order chi connectivity index (χ1) is 32.2. The van der Waals surface area contributed by atoms with Crippen LogP contribution in [-0.2, 0) is 37.6 Å². The van der Waals surface area contributed by atoms with Gasteiger partial charge in [0.15, 0.2) is 5.82 Å². The standard InChI is InChI=1S/C33H30N4O2.C20H27N5O2/c1-4-9-30-35-31-21(2)18-24(32-34-27-12-7-8-13-28(27)36(32)3)19-29(31)37(30)20-22-14-16-23(17-15-22)25-10-5-6-11-26(25)33(38)39;26-20-12-9-15-14-17(10-11-18(15)21-20)27-13-5-4-8-19-22-23-24-25(19)16-6-2-1-3-7-16/h5-8,10-19H,4,9,20H2,1-3H3,(H,38,39);10-11,14,16H,1-9,12-13H2,(H,21,26).